The van der Waals surface area contributed by atoms with Crippen LogP contribution in [0.5, 0.6) is 5.75 Å². The Morgan fingerprint density at radius 2 is 1.80 bits per heavy atom. The monoisotopic (exact) mass is 547 g/mol. The number of fused-ring (bicyclic) bond motifs is 1. The zero-order chi connectivity index (χ0) is 28.9. The molecule has 1 aromatic heterocycles. The molecular formula is C31H37N3O6. The fourth-order valence-corrected chi connectivity index (χ4v) is 4.94. The van der Waals surface area contributed by atoms with Crippen molar-refractivity contribution in [3.8, 4) is 5.75 Å². The van der Waals surface area contributed by atoms with Crippen molar-refractivity contribution in [2.75, 3.05) is 20.2 Å². The fraction of sp³-hybridized carbons (Fsp3) is 0.419. The molecule has 2 amide bonds. The molecule has 1 saturated heterocycles. The van der Waals surface area contributed by atoms with Crippen LogP contribution < -0.4 is 10.1 Å². The van der Waals surface area contributed by atoms with Gasteiger partial charge in [-0.2, -0.15) is 0 Å². The Bertz CT molecular complexity index is 1380. The van der Waals surface area contributed by atoms with E-state index in [-0.39, 0.29) is 18.9 Å². The number of amides is 2. The minimum atomic E-state index is -0.977. The van der Waals surface area contributed by atoms with Gasteiger partial charge in [-0.25, -0.2) is 4.79 Å². The molecule has 1 N–H and O–H groups in total. The van der Waals surface area contributed by atoms with E-state index in [2.05, 4.69) is 10.3 Å². The van der Waals surface area contributed by atoms with Gasteiger partial charge in [0.1, 0.15) is 18.0 Å². The van der Waals surface area contributed by atoms with E-state index in [4.69, 9.17) is 14.2 Å². The maximum atomic E-state index is 13.3. The first kappa shape index (κ1) is 28.9. The van der Waals surface area contributed by atoms with Crippen molar-refractivity contribution in [3.05, 3.63) is 71.4 Å². The Morgan fingerprint density at radius 1 is 1.07 bits per heavy atom. The molecule has 0 radical (unpaired) electrons. The number of likely N-dealkylation sites (tertiary alicyclic amines) is 1. The molecule has 0 spiro atoms. The number of ether oxygens (including phenoxy) is 3. The van der Waals surface area contributed by atoms with Gasteiger partial charge in [-0.15, -0.1) is 0 Å². The Hall–Kier alpha value is -4.14. The first-order chi connectivity index (χ1) is 19.0. The van der Waals surface area contributed by atoms with Crippen LogP contribution in [-0.4, -0.2) is 59.2 Å². The van der Waals surface area contributed by atoms with Crippen molar-refractivity contribution in [2.45, 2.75) is 64.7 Å². The summed E-state index contributed by atoms with van der Waals surface area (Å²) in [6.07, 6.45) is 0.587. The van der Waals surface area contributed by atoms with Crippen molar-refractivity contribution in [1.82, 2.24) is 15.2 Å². The molecule has 0 bridgehead atoms. The third-order valence-corrected chi connectivity index (χ3v) is 6.76. The number of aryl methyl sites for hydroxylation is 1. The van der Waals surface area contributed by atoms with E-state index in [9.17, 15) is 14.4 Å². The van der Waals surface area contributed by atoms with Crippen LogP contribution in [-0.2, 0) is 20.9 Å². The Labute approximate surface area is 234 Å². The summed E-state index contributed by atoms with van der Waals surface area (Å²) in [7, 11) is 1.31. The van der Waals surface area contributed by atoms with Crippen LogP contribution >= 0.6 is 0 Å². The van der Waals surface area contributed by atoms with E-state index >= 15 is 0 Å². The number of carbonyl (C=O) groups is 3. The highest BCUT2D eigenvalue weighted by Crippen LogP contribution is 2.28. The number of methoxy groups -OCH3 is 1. The molecule has 0 saturated carbocycles. The normalized spacial score (nSPS) is 17.3. The number of aromatic nitrogens is 1. The lowest BCUT2D eigenvalue weighted by Crippen LogP contribution is -2.61. The van der Waals surface area contributed by atoms with Crippen LogP contribution in [0.4, 0.5) is 4.79 Å². The molecule has 4 rings (SSSR count). The number of hydrogen-bond acceptors (Lipinski definition) is 7. The van der Waals surface area contributed by atoms with Crippen LogP contribution in [0.1, 0.15) is 61.6 Å². The second-order valence-electron chi connectivity index (χ2n) is 11.2. The lowest BCUT2D eigenvalue weighted by molar-refractivity contribution is -0.142. The summed E-state index contributed by atoms with van der Waals surface area (Å²) in [5.74, 6) is -0.195. The quantitative estimate of drug-likeness (QED) is 0.406. The lowest BCUT2D eigenvalue weighted by atomic mass is 9.85. The van der Waals surface area contributed by atoms with Gasteiger partial charge in [0.05, 0.1) is 24.6 Å². The van der Waals surface area contributed by atoms with E-state index in [1.807, 2.05) is 37.3 Å². The number of carbonyl (C=O) groups excluding carboxylic acids is 3. The molecule has 1 aliphatic rings. The molecule has 1 unspecified atom stereocenters. The molecule has 9 nitrogen and oxygen atoms in total. The zero-order valence-electron chi connectivity index (χ0n) is 23.8. The molecule has 3 aromatic rings. The molecule has 1 atom stereocenters. The maximum absolute atomic E-state index is 13.3. The van der Waals surface area contributed by atoms with E-state index in [0.29, 0.717) is 37.3 Å². The Balaban J connectivity index is 1.45. The van der Waals surface area contributed by atoms with Crippen molar-refractivity contribution in [3.63, 3.8) is 0 Å². The van der Waals surface area contributed by atoms with E-state index < -0.39 is 23.2 Å². The summed E-state index contributed by atoms with van der Waals surface area (Å²) in [4.78, 5) is 44.5. The predicted molar refractivity (Wildman–Crippen MR) is 151 cm³/mol. The van der Waals surface area contributed by atoms with E-state index in [0.717, 1.165) is 22.2 Å². The van der Waals surface area contributed by atoms with Crippen LogP contribution in [0.3, 0.4) is 0 Å². The van der Waals surface area contributed by atoms with E-state index in [1.54, 1.807) is 49.9 Å². The molecule has 40 heavy (non-hydrogen) atoms. The van der Waals surface area contributed by atoms with Crippen LogP contribution in [0.2, 0.25) is 0 Å². The lowest BCUT2D eigenvalue weighted by Gasteiger charge is -2.43. The van der Waals surface area contributed by atoms with Gasteiger partial charge in [-0.05, 0) is 76.9 Å². The number of nitrogens with one attached hydrogen (secondary N) is 1. The highest BCUT2D eigenvalue weighted by molar-refractivity contribution is 5.95. The second kappa shape index (κ2) is 11.9. The van der Waals surface area contributed by atoms with Crippen LogP contribution in [0, 0.1) is 6.92 Å². The van der Waals surface area contributed by atoms with Crippen molar-refractivity contribution < 1.29 is 28.6 Å². The second-order valence-corrected chi connectivity index (χ2v) is 11.2. The van der Waals surface area contributed by atoms with Crippen molar-refractivity contribution in [2.24, 2.45) is 0 Å². The zero-order valence-corrected chi connectivity index (χ0v) is 23.8. The minimum absolute atomic E-state index is 0.0605. The SMILES string of the molecule is COC(=O)CC1(NC(=O)c2ccc(OCc3cc(C)nc4ccccc34)cc2)CCCN(C(=O)OC(C)(C)C)C1. The molecule has 0 aliphatic carbocycles. The fourth-order valence-electron chi connectivity index (χ4n) is 4.94. The van der Waals surface area contributed by atoms with Gasteiger partial charge in [-0.3, -0.25) is 14.6 Å². The summed E-state index contributed by atoms with van der Waals surface area (Å²) in [6, 6.07) is 16.8. The number of benzene rings is 2. The maximum Gasteiger partial charge on any atom is 0.410 e. The summed E-state index contributed by atoms with van der Waals surface area (Å²) < 4.78 is 16.5. The molecule has 2 heterocycles. The van der Waals surface area contributed by atoms with Gasteiger partial charge >= 0.3 is 12.1 Å². The number of nitrogens with zero attached hydrogens (tertiary/aromatic N) is 2. The van der Waals surface area contributed by atoms with Gasteiger partial charge in [0.15, 0.2) is 0 Å². The number of para-hydroxylation sites is 1. The highest BCUT2D eigenvalue weighted by Gasteiger charge is 2.41. The molecule has 1 aliphatic heterocycles. The van der Waals surface area contributed by atoms with E-state index in [1.165, 1.54) is 7.11 Å². The van der Waals surface area contributed by atoms with Gasteiger partial charge in [0.2, 0.25) is 0 Å². The van der Waals surface area contributed by atoms with Gasteiger partial charge in [-0.1, -0.05) is 18.2 Å². The van der Waals surface area contributed by atoms with Gasteiger partial charge in [0.25, 0.3) is 5.91 Å². The third-order valence-electron chi connectivity index (χ3n) is 6.76. The van der Waals surface area contributed by atoms with Crippen LogP contribution in [0.25, 0.3) is 10.9 Å². The highest BCUT2D eigenvalue weighted by atomic mass is 16.6. The van der Waals surface area contributed by atoms with Crippen molar-refractivity contribution in [1.29, 1.82) is 0 Å². The molecule has 9 heteroatoms. The summed E-state index contributed by atoms with van der Waals surface area (Å²) in [5, 5.41) is 4.06. The topological polar surface area (TPSA) is 107 Å². The van der Waals surface area contributed by atoms with Crippen molar-refractivity contribution >= 4 is 28.9 Å². The molecular weight excluding hydrogens is 510 g/mol. The third kappa shape index (κ3) is 7.28. The predicted octanol–water partition coefficient (Wildman–Crippen LogP) is 5.18. The Kier molecular flexibility index (Phi) is 8.61. The first-order valence-corrected chi connectivity index (χ1v) is 13.4. The number of hydrogen-bond donors (Lipinski definition) is 1. The number of piperidine rings is 1. The smallest absolute Gasteiger partial charge is 0.410 e. The first-order valence-electron chi connectivity index (χ1n) is 13.4. The average molecular weight is 548 g/mol. The summed E-state index contributed by atoms with van der Waals surface area (Å²) >= 11 is 0. The van der Waals surface area contributed by atoms with Crippen LogP contribution in [0.15, 0.2) is 54.6 Å². The summed E-state index contributed by atoms with van der Waals surface area (Å²) in [6.45, 7) is 8.33. The average Bonchev–Trinajstić information content (AvgIpc) is 2.91. The number of pyridine rings is 1. The standard InChI is InChI=1S/C31H37N3O6/c1-21-17-23(25-9-6-7-10-26(25)32-21)19-39-24-13-11-22(12-14-24)28(36)33-31(18-27(35)38-5)15-8-16-34(20-31)29(37)40-30(2,3)4/h6-7,9-14,17H,8,15-16,18-20H2,1-5H3,(H,33,36). The summed E-state index contributed by atoms with van der Waals surface area (Å²) in [5.41, 5.74) is 1.64. The minimum Gasteiger partial charge on any atom is -0.489 e. The molecule has 2 aromatic carbocycles. The number of rotatable bonds is 7. The van der Waals surface area contributed by atoms with Gasteiger partial charge in [0, 0.05) is 35.3 Å². The molecule has 212 valence electrons. The number of esters is 1. The molecule has 1 fully saturated rings. The van der Waals surface area contributed by atoms with Gasteiger partial charge < -0.3 is 24.4 Å². The Morgan fingerprint density at radius 3 is 2.50 bits per heavy atom. The largest absolute Gasteiger partial charge is 0.489 e.